The van der Waals surface area contributed by atoms with Crippen molar-refractivity contribution in [1.82, 2.24) is 19.7 Å². The normalized spacial score (nSPS) is 23.0. The first kappa shape index (κ1) is 20.6. The summed E-state index contributed by atoms with van der Waals surface area (Å²) in [7, 11) is 1.66. The monoisotopic (exact) mass is 388 g/mol. The van der Waals surface area contributed by atoms with Crippen LogP contribution in [0.2, 0.25) is 0 Å². The summed E-state index contributed by atoms with van der Waals surface area (Å²) in [6, 6.07) is 3.39. The minimum Gasteiger partial charge on any atom is -0.356 e. The second-order valence-electron chi connectivity index (χ2n) is 7.96. The van der Waals surface area contributed by atoms with E-state index in [9.17, 15) is 14.4 Å². The Morgan fingerprint density at radius 2 is 1.75 bits per heavy atom. The van der Waals surface area contributed by atoms with E-state index < -0.39 is 0 Å². The molecule has 2 aliphatic heterocycles. The molecular formula is C21H32N4O3. The van der Waals surface area contributed by atoms with Gasteiger partial charge in [-0.2, -0.15) is 0 Å². The number of pyridine rings is 1. The number of carbonyl (C=O) groups excluding carboxylic acids is 2. The van der Waals surface area contributed by atoms with E-state index in [4.69, 9.17) is 0 Å². The Morgan fingerprint density at radius 3 is 2.57 bits per heavy atom. The highest BCUT2D eigenvalue weighted by molar-refractivity contribution is 5.93. The molecule has 0 radical (unpaired) electrons. The Morgan fingerprint density at radius 1 is 1.00 bits per heavy atom. The quantitative estimate of drug-likeness (QED) is 0.789. The van der Waals surface area contributed by atoms with Gasteiger partial charge in [-0.25, -0.2) is 0 Å². The molecule has 2 saturated heterocycles. The maximum Gasteiger partial charge on any atom is 0.255 e. The predicted molar refractivity (Wildman–Crippen MR) is 108 cm³/mol. The summed E-state index contributed by atoms with van der Waals surface area (Å²) in [5, 5.41) is 3.04. The van der Waals surface area contributed by atoms with Crippen molar-refractivity contribution in [3.63, 3.8) is 0 Å². The first-order chi connectivity index (χ1) is 13.5. The van der Waals surface area contributed by atoms with Crippen LogP contribution in [-0.2, 0) is 11.8 Å². The zero-order valence-electron chi connectivity index (χ0n) is 16.9. The molecule has 0 aliphatic carbocycles. The summed E-state index contributed by atoms with van der Waals surface area (Å²) in [5.41, 5.74) is 0.434. The van der Waals surface area contributed by atoms with Crippen LogP contribution in [0.3, 0.4) is 0 Å². The van der Waals surface area contributed by atoms with Crippen LogP contribution >= 0.6 is 0 Å². The molecule has 3 heterocycles. The number of aromatic nitrogens is 1. The van der Waals surface area contributed by atoms with Gasteiger partial charge in [-0.3, -0.25) is 19.3 Å². The third kappa shape index (κ3) is 5.44. The number of rotatable bonds is 1. The number of hydrogen-bond acceptors (Lipinski definition) is 4. The molecule has 1 unspecified atom stereocenters. The van der Waals surface area contributed by atoms with Crippen molar-refractivity contribution in [2.75, 3.05) is 32.7 Å². The van der Waals surface area contributed by atoms with E-state index >= 15 is 0 Å². The van der Waals surface area contributed by atoms with E-state index in [1.165, 1.54) is 23.5 Å². The molecule has 0 aromatic carbocycles. The zero-order chi connectivity index (χ0) is 19.9. The molecule has 0 bridgehead atoms. The van der Waals surface area contributed by atoms with Crippen LogP contribution in [0.25, 0.3) is 0 Å². The van der Waals surface area contributed by atoms with Crippen LogP contribution in [0.4, 0.5) is 0 Å². The van der Waals surface area contributed by atoms with E-state index in [0.717, 1.165) is 38.8 Å². The lowest BCUT2D eigenvalue weighted by molar-refractivity contribution is -0.122. The van der Waals surface area contributed by atoms with Crippen molar-refractivity contribution >= 4 is 11.8 Å². The first-order valence-corrected chi connectivity index (χ1v) is 10.5. The van der Waals surface area contributed by atoms with E-state index in [2.05, 4.69) is 10.2 Å². The number of amides is 2. The van der Waals surface area contributed by atoms with E-state index in [-0.39, 0.29) is 17.4 Å². The van der Waals surface area contributed by atoms with Gasteiger partial charge in [0.25, 0.3) is 5.91 Å². The minimum atomic E-state index is -0.117. The molecule has 1 atom stereocenters. The van der Waals surface area contributed by atoms with E-state index in [0.29, 0.717) is 37.7 Å². The van der Waals surface area contributed by atoms with Gasteiger partial charge >= 0.3 is 0 Å². The summed E-state index contributed by atoms with van der Waals surface area (Å²) in [5.74, 6) is 0.124. The largest absolute Gasteiger partial charge is 0.356 e. The molecule has 154 valence electrons. The van der Waals surface area contributed by atoms with Crippen molar-refractivity contribution in [1.29, 1.82) is 0 Å². The van der Waals surface area contributed by atoms with Crippen LogP contribution in [0.5, 0.6) is 0 Å². The fraction of sp³-hybridized carbons (Fsp3) is 0.667. The lowest BCUT2D eigenvalue weighted by atomic mass is 9.98. The van der Waals surface area contributed by atoms with E-state index in [1.54, 1.807) is 19.3 Å². The third-order valence-electron chi connectivity index (χ3n) is 5.84. The Hall–Kier alpha value is -2.15. The van der Waals surface area contributed by atoms with Crippen molar-refractivity contribution in [2.24, 2.45) is 7.05 Å². The summed E-state index contributed by atoms with van der Waals surface area (Å²) in [4.78, 5) is 41.2. The van der Waals surface area contributed by atoms with Crippen molar-refractivity contribution < 1.29 is 9.59 Å². The number of hydrogen-bond donors (Lipinski definition) is 1. The lowest BCUT2D eigenvalue weighted by Crippen LogP contribution is -2.44. The Bertz CT molecular complexity index is 745. The summed E-state index contributed by atoms with van der Waals surface area (Å²) < 4.78 is 1.45. The summed E-state index contributed by atoms with van der Waals surface area (Å²) in [6.45, 7) is 3.97. The standard InChI is InChI=1S/C21H32N4O3/c1-23-16-17(8-9-20(23)27)21(28)25-12-5-3-10-22-19(26)15-18-7-2-4-11-24(18)13-6-14-25/h8-9,16,18H,2-7,10-15H2,1H3,(H,22,26). The lowest BCUT2D eigenvalue weighted by Gasteiger charge is -2.35. The predicted octanol–water partition coefficient (Wildman–Crippen LogP) is 1.37. The second-order valence-corrected chi connectivity index (χ2v) is 7.96. The van der Waals surface area contributed by atoms with Crippen LogP contribution in [0, 0.1) is 0 Å². The topological polar surface area (TPSA) is 74.7 Å². The minimum absolute atomic E-state index is 0.0234. The molecule has 2 aliphatic rings. The summed E-state index contributed by atoms with van der Waals surface area (Å²) in [6.07, 6.45) is 8.25. The highest BCUT2D eigenvalue weighted by atomic mass is 16.2. The Balaban J connectivity index is 1.69. The molecule has 3 rings (SSSR count). The smallest absolute Gasteiger partial charge is 0.255 e. The molecule has 1 N–H and O–H groups in total. The van der Waals surface area contributed by atoms with Gasteiger partial charge in [0.05, 0.1) is 5.56 Å². The van der Waals surface area contributed by atoms with Gasteiger partial charge in [0.2, 0.25) is 11.5 Å². The summed E-state index contributed by atoms with van der Waals surface area (Å²) >= 11 is 0. The van der Waals surface area contributed by atoms with Gasteiger partial charge in [-0.1, -0.05) is 6.42 Å². The molecule has 7 heteroatoms. The van der Waals surface area contributed by atoms with Gasteiger partial charge in [0, 0.05) is 58.0 Å². The number of nitrogens with one attached hydrogen (secondary N) is 1. The fourth-order valence-corrected chi connectivity index (χ4v) is 4.21. The SMILES string of the molecule is Cn1cc(C(=O)N2CCCCNC(=O)CC3CCCCN3CCC2)ccc1=O. The maximum atomic E-state index is 13.0. The van der Waals surface area contributed by atoms with Crippen LogP contribution in [0.15, 0.2) is 23.1 Å². The Labute approximate surface area is 166 Å². The van der Waals surface area contributed by atoms with Gasteiger partial charge < -0.3 is 14.8 Å². The number of aryl methyl sites for hydroxylation is 1. The third-order valence-corrected chi connectivity index (χ3v) is 5.84. The molecular weight excluding hydrogens is 356 g/mol. The molecule has 28 heavy (non-hydrogen) atoms. The van der Waals surface area contributed by atoms with Crippen LogP contribution < -0.4 is 10.9 Å². The van der Waals surface area contributed by atoms with Crippen molar-refractivity contribution in [2.45, 2.75) is 51.0 Å². The van der Waals surface area contributed by atoms with Gasteiger partial charge in [0.15, 0.2) is 0 Å². The number of piperidine rings is 1. The molecule has 1 aromatic rings. The van der Waals surface area contributed by atoms with Gasteiger partial charge in [-0.05, 0) is 44.7 Å². The van der Waals surface area contributed by atoms with Gasteiger partial charge in [-0.15, -0.1) is 0 Å². The molecule has 0 saturated carbocycles. The first-order valence-electron chi connectivity index (χ1n) is 10.5. The Kier molecular flexibility index (Phi) is 7.25. The number of nitrogens with zero attached hydrogens (tertiary/aromatic N) is 3. The van der Waals surface area contributed by atoms with Crippen molar-refractivity contribution in [3.8, 4) is 0 Å². The average molecular weight is 389 g/mol. The second kappa shape index (κ2) is 9.87. The zero-order valence-corrected chi connectivity index (χ0v) is 16.9. The fourth-order valence-electron chi connectivity index (χ4n) is 4.21. The molecule has 1 aromatic heterocycles. The van der Waals surface area contributed by atoms with Crippen LogP contribution in [-0.4, -0.2) is 64.9 Å². The molecule has 0 spiro atoms. The van der Waals surface area contributed by atoms with Crippen LogP contribution in [0.1, 0.15) is 55.3 Å². The number of carbonyl (C=O) groups is 2. The van der Waals surface area contributed by atoms with Gasteiger partial charge in [0.1, 0.15) is 0 Å². The van der Waals surface area contributed by atoms with E-state index in [1.807, 2.05) is 4.90 Å². The number of fused-ring (bicyclic) bond motifs is 1. The molecule has 7 nitrogen and oxygen atoms in total. The van der Waals surface area contributed by atoms with Crippen molar-refractivity contribution in [3.05, 3.63) is 34.2 Å². The highest BCUT2D eigenvalue weighted by Crippen LogP contribution is 2.20. The molecule has 2 fully saturated rings. The highest BCUT2D eigenvalue weighted by Gasteiger charge is 2.25. The average Bonchev–Trinajstić information content (AvgIpc) is 2.70. The molecule has 2 amide bonds. The maximum absolute atomic E-state index is 13.0.